The standard InChI is InChI=1S/C25H26ClN3O4S/c1-18-3-10-22(11-4-18)34(31,32)27-19-5-12-23(24(26)17-19)25(30)29-15-13-28(14-16-29)20-6-8-21(33-2)9-7-20/h3-12,17,27H,13-16H2,1-2H3. The summed E-state index contributed by atoms with van der Waals surface area (Å²) >= 11 is 6.39. The Morgan fingerprint density at radius 1 is 0.941 bits per heavy atom. The van der Waals surface area contributed by atoms with E-state index in [1.54, 1.807) is 48.4 Å². The summed E-state index contributed by atoms with van der Waals surface area (Å²) in [6.45, 7) is 4.40. The summed E-state index contributed by atoms with van der Waals surface area (Å²) in [4.78, 5) is 17.2. The number of hydrogen-bond acceptors (Lipinski definition) is 5. The topological polar surface area (TPSA) is 79.0 Å². The van der Waals surface area contributed by atoms with E-state index in [0.29, 0.717) is 37.4 Å². The molecule has 0 bridgehead atoms. The Kier molecular flexibility index (Phi) is 7.00. The van der Waals surface area contributed by atoms with Crippen molar-refractivity contribution in [3.05, 3.63) is 82.9 Å². The van der Waals surface area contributed by atoms with Gasteiger partial charge < -0.3 is 14.5 Å². The van der Waals surface area contributed by atoms with Crippen molar-refractivity contribution in [2.24, 2.45) is 0 Å². The lowest BCUT2D eigenvalue weighted by Crippen LogP contribution is -2.48. The summed E-state index contributed by atoms with van der Waals surface area (Å²) in [5.74, 6) is 0.629. The van der Waals surface area contributed by atoms with Gasteiger partial charge in [-0.05, 0) is 61.5 Å². The van der Waals surface area contributed by atoms with E-state index in [4.69, 9.17) is 16.3 Å². The lowest BCUT2D eigenvalue weighted by atomic mass is 10.1. The van der Waals surface area contributed by atoms with E-state index in [2.05, 4.69) is 9.62 Å². The first kappa shape index (κ1) is 23.9. The molecule has 1 heterocycles. The van der Waals surface area contributed by atoms with Crippen LogP contribution in [0.25, 0.3) is 0 Å². The van der Waals surface area contributed by atoms with Crippen LogP contribution in [0.4, 0.5) is 11.4 Å². The second-order valence-corrected chi connectivity index (χ2v) is 10.2. The van der Waals surface area contributed by atoms with Crippen LogP contribution >= 0.6 is 11.6 Å². The Morgan fingerprint density at radius 2 is 1.59 bits per heavy atom. The van der Waals surface area contributed by atoms with Gasteiger partial charge in [0, 0.05) is 31.9 Å². The fourth-order valence-electron chi connectivity index (χ4n) is 3.81. The van der Waals surface area contributed by atoms with Crippen LogP contribution in [0.15, 0.2) is 71.6 Å². The molecule has 4 rings (SSSR count). The third-order valence-corrected chi connectivity index (χ3v) is 7.50. The van der Waals surface area contributed by atoms with Gasteiger partial charge >= 0.3 is 0 Å². The van der Waals surface area contributed by atoms with Crippen LogP contribution in [-0.4, -0.2) is 52.5 Å². The van der Waals surface area contributed by atoms with Crippen molar-refractivity contribution in [2.75, 3.05) is 42.9 Å². The summed E-state index contributed by atoms with van der Waals surface area (Å²) in [5, 5.41) is 0.201. The highest BCUT2D eigenvalue weighted by Gasteiger charge is 2.24. The number of amides is 1. The van der Waals surface area contributed by atoms with E-state index in [9.17, 15) is 13.2 Å². The molecule has 0 atom stereocenters. The summed E-state index contributed by atoms with van der Waals surface area (Å²) in [6, 6.07) is 19.0. The van der Waals surface area contributed by atoms with Gasteiger partial charge in [-0.3, -0.25) is 9.52 Å². The number of hydrogen-bond donors (Lipinski definition) is 1. The summed E-state index contributed by atoms with van der Waals surface area (Å²) < 4.78 is 33.0. The Labute approximate surface area is 205 Å². The number of sulfonamides is 1. The number of aryl methyl sites for hydroxylation is 1. The molecule has 0 unspecified atom stereocenters. The number of carbonyl (C=O) groups is 1. The average Bonchev–Trinajstić information content (AvgIpc) is 2.84. The van der Waals surface area contributed by atoms with E-state index >= 15 is 0 Å². The monoisotopic (exact) mass is 499 g/mol. The second kappa shape index (κ2) is 9.95. The van der Waals surface area contributed by atoms with Crippen molar-refractivity contribution >= 4 is 38.9 Å². The number of nitrogens with one attached hydrogen (secondary N) is 1. The first-order chi connectivity index (χ1) is 16.3. The molecule has 7 nitrogen and oxygen atoms in total. The lowest BCUT2D eigenvalue weighted by Gasteiger charge is -2.36. The molecule has 3 aromatic carbocycles. The molecule has 1 amide bonds. The molecule has 9 heteroatoms. The number of halogens is 1. The third kappa shape index (κ3) is 5.29. The van der Waals surface area contributed by atoms with Gasteiger partial charge in [-0.25, -0.2) is 8.42 Å². The summed E-state index contributed by atoms with van der Waals surface area (Å²) in [5.41, 5.74) is 2.69. The molecule has 34 heavy (non-hydrogen) atoms. The predicted molar refractivity (Wildman–Crippen MR) is 135 cm³/mol. The number of benzene rings is 3. The molecule has 3 aromatic rings. The van der Waals surface area contributed by atoms with Crippen molar-refractivity contribution in [3.8, 4) is 5.75 Å². The number of methoxy groups -OCH3 is 1. The van der Waals surface area contributed by atoms with Crippen molar-refractivity contribution in [1.29, 1.82) is 0 Å². The number of anilines is 2. The molecule has 1 N–H and O–H groups in total. The molecule has 1 aliphatic rings. The number of carbonyl (C=O) groups excluding carboxylic acids is 1. The van der Waals surface area contributed by atoms with Crippen LogP contribution in [-0.2, 0) is 10.0 Å². The van der Waals surface area contributed by atoms with E-state index in [1.807, 2.05) is 31.2 Å². The average molecular weight is 500 g/mol. The van der Waals surface area contributed by atoms with Crippen LogP contribution in [0.5, 0.6) is 5.75 Å². The maximum atomic E-state index is 13.1. The molecular weight excluding hydrogens is 474 g/mol. The fourth-order valence-corrected chi connectivity index (χ4v) is 5.13. The van der Waals surface area contributed by atoms with Gasteiger partial charge in [0.05, 0.1) is 28.3 Å². The molecule has 1 aliphatic heterocycles. The Balaban J connectivity index is 1.40. The number of ether oxygens (including phenoxy) is 1. The first-order valence-electron chi connectivity index (χ1n) is 10.8. The summed E-state index contributed by atoms with van der Waals surface area (Å²) in [6.07, 6.45) is 0. The smallest absolute Gasteiger partial charge is 0.261 e. The number of rotatable bonds is 6. The lowest BCUT2D eigenvalue weighted by molar-refractivity contribution is 0.0747. The van der Waals surface area contributed by atoms with Crippen LogP contribution < -0.4 is 14.4 Å². The van der Waals surface area contributed by atoms with E-state index in [-0.39, 0.29) is 15.8 Å². The quantitative estimate of drug-likeness (QED) is 0.543. The molecule has 0 saturated carbocycles. The normalized spacial score (nSPS) is 14.1. The molecule has 178 valence electrons. The van der Waals surface area contributed by atoms with Gasteiger partial charge in [-0.2, -0.15) is 0 Å². The van der Waals surface area contributed by atoms with E-state index in [0.717, 1.165) is 17.0 Å². The zero-order valence-electron chi connectivity index (χ0n) is 19.0. The molecular formula is C25H26ClN3O4S. The van der Waals surface area contributed by atoms with Crippen molar-refractivity contribution in [1.82, 2.24) is 4.90 Å². The molecule has 0 aliphatic carbocycles. The highest BCUT2D eigenvalue weighted by molar-refractivity contribution is 7.92. The van der Waals surface area contributed by atoms with Gasteiger partial charge in [0.25, 0.3) is 15.9 Å². The minimum absolute atomic E-state index is 0.157. The second-order valence-electron chi connectivity index (χ2n) is 8.09. The maximum absolute atomic E-state index is 13.1. The van der Waals surface area contributed by atoms with Crippen molar-refractivity contribution in [3.63, 3.8) is 0 Å². The maximum Gasteiger partial charge on any atom is 0.261 e. The van der Waals surface area contributed by atoms with Gasteiger partial charge in [0.15, 0.2) is 0 Å². The minimum Gasteiger partial charge on any atom is -0.497 e. The van der Waals surface area contributed by atoms with Gasteiger partial charge in [0.1, 0.15) is 5.75 Å². The molecule has 1 saturated heterocycles. The predicted octanol–water partition coefficient (Wildman–Crippen LogP) is 4.42. The van der Waals surface area contributed by atoms with Gasteiger partial charge in [-0.15, -0.1) is 0 Å². The number of piperazine rings is 1. The van der Waals surface area contributed by atoms with Crippen LogP contribution in [0, 0.1) is 6.92 Å². The van der Waals surface area contributed by atoms with E-state index < -0.39 is 10.0 Å². The third-order valence-electron chi connectivity index (χ3n) is 5.79. The van der Waals surface area contributed by atoms with Crippen LogP contribution in [0.2, 0.25) is 5.02 Å². The van der Waals surface area contributed by atoms with Crippen molar-refractivity contribution < 1.29 is 17.9 Å². The Morgan fingerprint density at radius 3 is 2.18 bits per heavy atom. The zero-order valence-corrected chi connectivity index (χ0v) is 20.6. The van der Waals surface area contributed by atoms with E-state index in [1.165, 1.54) is 6.07 Å². The summed E-state index contributed by atoms with van der Waals surface area (Å²) in [7, 11) is -2.12. The molecule has 0 aromatic heterocycles. The molecule has 0 radical (unpaired) electrons. The molecule has 1 fully saturated rings. The highest BCUT2D eigenvalue weighted by Crippen LogP contribution is 2.26. The Bertz CT molecular complexity index is 1270. The van der Waals surface area contributed by atoms with Gasteiger partial charge in [-0.1, -0.05) is 29.3 Å². The largest absolute Gasteiger partial charge is 0.497 e. The molecule has 0 spiro atoms. The van der Waals surface area contributed by atoms with Crippen molar-refractivity contribution in [2.45, 2.75) is 11.8 Å². The highest BCUT2D eigenvalue weighted by atomic mass is 35.5. The SMILES string of the molecule is COc1ccc(N2CCN(C(=O)c3ccc(NS(=O)(=O)c4ccc(C)cc4)cc3Cl)CC2)cc1. The first-order valence-corrected chi connectivity index (χ1v) is 12.7. The van der Waals surface area contributed by atoms with Crippen LogP contribution in [0.1, 0.15) is 15.9 Å². The fraction of sp³-hybridized carbons (Fsp3) is 0.240. The van der Waals surface area contributed by atoms with Crippen LogP contribution in [0.3, 0.4) is 0 Å². The van der Waals surface area contributed by atoms with Gasteiger partial charge in [0.2, 0.25) is 0 Å². The minimum atomic E-state index is -3.75. The number of nitrogens with zero attached hydrogens (tertiary/aromatic N) is 2. The Hall–Kier alpha value is -3.23. The zero-order chi connectivity index (χ0) is 24.3.